The lowest BCUT2D eigenvalue weighted by molar-refractivity contribution is 0.475. The maximum Gasteiger partial charge on any atom is 0.143 e. The predicted octanol–water partition coefficient (Wildman–Crippen LogP) is 5.24. The van der Waals surface area contributed by atoms with Gasteiger partial charge in [-0.15, -0.1) is 0 Å². The third-order valence-electron chi connectivity index (χ3n) is 2.31. The molecule has 0 aromatic heterocycles. The maximum absolute atomic E-state index is 13.0. The molecule has 0 amide bonds. The summed E-state index contributed by atoms with van der Waals surface area (Å²) in [7, 11) is 0. The molecule has 2 rings (SSSR count). The van der Waals surface area contributed by atoms with E-state index in [1.807, 2.05) is 0 Å². The molecule has 0 fully saturated rings. The lowest BCUT2D eigenvalue weighted by atomic mass is 10.2. The van der Waals surface area contributed by atoms with Gasteiger partial charge in [0.05, 0.1) is 15.7 Å². The molecule has 1 N–H and O–H groups in total. The van der Waals surface area contributed by atoms with Crippen molar-refractivity contribution >= 4 is 46.7 Å². The van der Waals surface area contributed by atoms with Gasteiger partial charge in [0.15, 0.2) is 0 Å². The molecule has 98 valence electrons. The molecule has 0 heterocycles. The summed E-state index contributed by atoms with van der Waals surface area (Å²) in [6.45, 7) is 0. The third kappa shape index (κ3) is 3.38. The monoisotopic (exact) mass is 317 g/mol. The van der Waals surface area contributed by atoms with Crippen LogP contribution < -0.4 is 0 Å². The molecule has 0 aliphatic heterocycles. The van der Waals surface area contributed by atoms with Gasteiger partial charge in [-0.3, -0.25) is 4.99 Å². The molecule has 2 nitrogen and oxygen atoms in total. The van der Waals surface area contributed by atoms with E-state index in [-0.39, 0.29) is 15.8 Å². The molecule has 0 bridgehead atoms. The van der Waals surface area contributed by atoms with Crippen LogP contribution in [0.25, 0.3) is 0 Å². The van der Waals surface area contributed by atoms with Crippen LogP contribution in [-0.4, -0.2) is 11.3 Å². The van der Waals surface area contributed by atoms with E-state index < -0.39 is 5.82 Å². The number of nitrogens with zero attached hydrogens (tertiary/aromatic N) is 1. The Morgan fingerprint density at radius 3 is 2.47 bits per heavy atom. The molecule has 2 aromatic carbocycles. The van der Waals surface area contributed by atoms with Crippen molar-refractivity contribution in [3.8, 4) is 5.75 Å². The molecule has 0 atom stereocenters. The Morgan fingerprint density at radius 1 is 1.05 bits per heavy atom. The van der Waals surface area contributed by atoms with Crippen LogP contribution in [0.3, 0.4) is 0 Å². The van der Waals surface area contributed by atoms with Crippen molar-refractivity contribution in [2.24, 2.45) is 4.99 Å². The number of hydrogen-bond acceptors (Lipinski definition) is 2. The van der Waals surface area contributed by atoms with Crippen molar-refractivity contribution in [3.63, 3.8) is 0 Å². The highest BCUT2D eigenvalue weighted by Gasteiger charge is 2.06. The number of hydrogen-bond donors (Lipinski definition) is 1. The van der Waals surface area contributed by atoms with Crippen LogP contribution in [0.15, 0.2) is 35.3 Å². The average Bonchev–Trinajstić information content (AvgIpc) is 2.36. The zero-order valence-corrected chi connectivity index (χ0v) is 11.6. The Kier molecular flexibility index (Phi) is 4.30. The first-order valence-electron chi connectivity index (χ1n) is 5.14. The lowest BCUT2D eigenvalue weighted by Crippen LogP contribution is -1.84. The van der Waals surface area contributed by atoms with Gasteiger partial charge in [-0.1, -0.05) is 34.8 Å². The number of halogens is 4. The molecule has 0 saturated carbocycles. The Bertz CT molecular complexity index is 659. The number of aliphatic imine (C=N–C) groups is 1. The highest BCUT2D eigenvalue weighted by molar-refractivity contribution is 6.36. The molecule has 0 aliphatic carbocycles. The summed E-state index contributed by atoms with van der Waals surface area (Å²) >= 11 is 17.2. The Balaban J connectivity index is 2.35. The summed E-state index contributed by atoms with van der Waals surface area (Å²) in [5, 5.41) is 10.2. The van der Waals surface area contributed by atoms with Crippen molar-refractivity contribution in [1.29, 1.82) is 0 Å². The number of rotatable bonds is 2. The van der Waals surface area contributed by atoms with Crippen LogP contribution >= 0.6 is 34.8 Å². The van der Waals surface area contributed by atoms with Crippen molar-refractivity contribution in [1.82, 2.24) is 0 Å². The number of aromatic hydroxyl groups is 1. The first-order valence-corrected chi connectivity index (χ1v) is 6.28. The summed E-state index contributed by atoms with van der Waals surface area (Å²) in [6.07, 6.45) is 1.37. The first kappa shape index (κ1) is 14.1. The van der Waals surface area contributed by atoms with Gasteiger partial charge in [0.25, 0.3) is 0 Å². The molecule has 0 unspecified atom stereocenters. The second kappa shape index (κ2) is 5.78. The van der Waals surface area contributed by atoms with Gasteiger partial charge in [0, 0.05) is 16.8 Å². The molecule has 0 saturated heterocycles. The van der Waals surface area contributed by atoms with Crippen molar-refractivity contribution in [3.05, 3.63) is 56.8 Å². The topological polar surface area (TPSA) is 32.6 Å². The Labute approximate surface area is 124 Å². The quantitative estimate of drug-likeness (QED) is 0.754. The lowest BCUT2D eigenvalue weighted by Gasteiger charge is -2.02. The number of phenols is 1. The van der Waals surface area contributed by atoms with Gasteiger partial charge < -0.3 is 5.11 Å². The van der Waals surface area contributed by atoms with E-state index in [1.165, 1.54) is 36.5 Å². The molecule has 0 radical (unpaired) electrons. The fraction of sp³-hybridized carbons (Fsp3) is 0. The molecule has 2 aromatic rings. The fourth-order valence-electron chi connectivity index (χ4n) is 1.39. The summed E-state index contributed by atoms with van der Waals surface area (Å²) < 4.78 is 13.0. The highest BCUT2D eigenvalue weighted by Crippen LogP contribution is 2.30. The Morgan fingerprint density at radius 2 is 1.79 bits per heavy atom. The van der Waals surface area contributed by atoms with Gasteiger partial charge in [-0.05, 0) is 30.3 Å². The molecule has 0 spiro atoms. The summed E-state index contributed by atoms with van der Waals surface area (Å²) in [6, 6.07) is 6.97. The molecule has 0 aliphatic rings. The standard InChI is InChI=1S/C13H7Cl3FNO/c14-8-3-7(13(19)11(16)4-8)6-18-9-1-2-12(17)10(15)5-9/h1-6,19H. The second-order valence-corrected chi connectivity index (χ2v) is 4.93. The number of phenolic OH excluding ortho intramolecular Hbond substituents is 1. The van der Waals surface area contributed by atoms with Crippen LogP contribution in [-0.2, 0) is 0 Å². The van der Waals surface area contributed by atoms with E-state index in [1.54, 1.807) is 0 Å². The van der Waals surface area contributed by atoms with Crippen LogP contribution in [0, 0.1) is 5.82 Å². The van der Waals surface area contributed by atoms with E-state index in [2.05, 4.69) is 4.99 Å². The summed E-state index contributed by atoms with van der Waals surface area (Å²) in [5.74, 6) is -0.641. The minimum absolute atomic E-state index is 0.0250. The summed E-state index contributed by atoms with van der Waals surface area (Å²) in [4.78, 5) is 4.07. The molecule has 6 heteroatoms. The van der Waals surface area contributed by atoms with Gasteiger partial charge in [0.1, 0.15) is 11.6 Å². The Hall–Kier alpha value is -1.29. The van der Waals surface area contributed by atoms with Crippen LogP contribution in [0.5, 0.6) is 5.75 Å². The average molecular weight is 319 g/mol. The maximum atomic E-state index is 13.0. The van der Waals surface area contributed by atoms with Crippen molar-refractivity contribution in [2.75, 3.05) is 0 Å². The van der Waals surface area contributed by atoms with E-state index in [0.29, 0.717) is 16.3 Å². The zero-order valence-electron chi connectivity index (χ0n) is 9.37. The van der Waals surface area contributed by atoms with Gasteiger partial charge in [0.2, 0.25) is 0 Å². The third-order valence-corrected chi connectivity index (χ3v) is 3.11. The van der Waals surface area contributed by atoms with E-state index >= 15 is 0 Å². The second-order valence-electron chi connectivity index (χ2n) is 3.68. The fourth-order valence-corrected chi connectivity index (χ4v) is 2.08. The predicted molar refractivity (Wildman–Crippen MR) is 76.8 cm³/mol. The normalized spacial score (nSPS) is 11.2. The zero-order chi connectivity index (χ0) is 14.0. The van der Waals surface area contributed by atoms with Crippen LogP contribution in [0.4, 0.5) is 10.1 Å². The summed E-state index contributed by atoms with van der Waals surface area (Å²) in [5.41, 5.74) is 0.805. The number of benzene rings is 2. The van der Waals surface area contributed by atoms with Crippen LogP contribution in [0.1, 0.15) is 5.56 Å². The largest absolute Gasteiger partial charge is 0.506 e. The first-order chi connectivity index (χ1) is 8.97. The van der Waals surface area contributed by atoms with Gasteiger partial charge in [-0.25, -0.2) is 4.39 Å². The molecular weight excluding hydrogens is 312 g/mol. The van der Waals surface area contributed by atoms with Crippen molar-refractivity contribution < 1.29 is 9.50 Å². The highest BCUT2D eigenvalue weighted by atomic mass is 35.5. The molecular formula is C13H7Cl3FNO. The minimum Gasteiger partial charge on any atom is -0.506 e. The van der Waals surface area contributed by atoms with E-state index in [9.17, 15) is 9.50 Å². The minimum atomic E-state index is -0.519. The SMILES string of the molecule is Oc1c(Cl)cc(Cl)cc1C=Nc1ccc(F)c(Cl)c1. The van der Waals surface area contributed by atoms with Gasteiger partial charge >= 0.3 is 0 Å². The van der Waals surface area contributed by atoms with Gasteiger partial charge in [-0.2, -0.15) is 0 Å². The van der Waals surface area contributed by atoms with Crippen LogP contribution in [0.2, 0.25) is 15.1 Å². The van der Waals surface area contributed by atoms with Crippen molar-refractivity contribution in [2.45, 2.75) is 0 Å². The smallest absolute Gasteiger partial charge is 0.143 e. The molecule has 19 heavy (non-hydrogen) atoms. The van der Waals surface area contributed by atoms with E-state index in [0.717, 1.165) is 0 Å². The van der Waals surface area contributed by atoms with E-state index in [4.69, 9.17) is 34.8 Å².